The molecule has 0 aromatic heterocycles. The van der Waals surface area contributed by atoms with Gasteiger partial charge < -0.3 is 10.5 Å². The number of guanidine groups is 1. The number of nitrogens with zero attached hydrogens (tertiary/aromatic N) is 1. The van der Waals surface area contributed by atoms with Gasteiger partial charge in [-0.05, 0) is 6.92 Å². The van der Waals surface area contributed by atoms with Crippen LogP contribution in [-0.4, -0.2) is 29.6 Å². The summed E-state index contributed by atoms with van der Waals surface area (Å²) in [5.74, 6) is -0.413. The van der Waals surface area contributed by atoms with Crippen molar-refractivity contribution < 1.29 is 9.94 Å². The van der Waals surface area contributed by atoms with Gasteiger partial charge in [0.1, 0.15) is 6.73 Å². The van der Waals surface area contributed by atoms with Gasteiger partial charge >= 0.3 is 0 Å². The maximum atomic E-state index is 8.62. The molecule has 0 aliphatic carbocycles. The second kappa shape index (κ2) is 4.11. The van der Waals surface area contributed by atoms with Crippen molar-refractivity contribution in [3.05, 3.63) is 0 Å². The van der Waals surface area contributed by atoms with Gasteiger partial charge in [0, 0.05) is 6.61 Å². The van der Waals surface area contributed by atoms with Crippen molar-refractivity contribution in [3.63, 3.8) is 0 Å². The number of rotatable bonds is 3. The molecule has 0 heterocycles. The van der Waals surface area contributed by atoms with E-state index in [0.717, 1.165) is 0 Å². The van der Waals surface area contributed by atoms with E-state index in [1.54, 1.807) is 6.92 Å². The summed E-state index contributed by atoms with van der Waals surface area (Å²) >= 11 is 0. The second-order valence-corrected chi connectivity index (χ2v) is 1.41. The first-order valence-electron chi connectivity index (χ1n) is 2.56. The van der Waals surface area contributed by atoms with Crippen molar-refractivity contribution in [3.8, 4) is 0 Å². The van der Waals surface area contributed by atoms with E-state index in [1.807, 2.05) is 0 Å². The topological polar surface area (TPSA) is 82.6 Å². The van der Waals surface area contributed by atoms with E-state index < -0.39 is 5.96 Å². The minimum atomic E-state index is -0.413. The first-order chi connectivity index (χ1) is 4.18. The summed E-state index contributed by atoms with van der Waals surface area (Å²) in [5, 5.41) is 15.8. The molecule has 0 aromatic carbocycles. The molecule has 4 N–H and O–H groups in total. The summed E-state index contributed by atoms with van der Waals surface area (Å²) < 4.78 is 4.71. The highest BCUT2D eigenvalue weighted by Gasteiger charge is 1.98. The summed E-state index contributed by atoms with van der Waals surface area (Å²) in [4.78, 5) is 0. The highest BCUT2D eigenvalue weighted by molar-refractivity contribution is 5.72. The van der Waals surface area contributed by atoms with Gasteiger partial charge in [-0.2, -0.15) is 5.06 Å². The molecule has 0 atom stereocenters. The molecule has 0 aliphatic heterocycles. The van der Waals surface area contributed by atoms with Gasteiger partial charge in [-0.25, -0.2) is 0 Å². The molecule has 0 aliphatic rings. The number of ether oxygens (including phenoxy) is 1. The van der Waals surface area contributed by atoms with E-state index in [0.29, 0.717) is 11.7 Å². The highest BCUT2D eigenvalue weighted by atomic mass is 16.6. The monoisotopic (exact) mass is 133 g/mol. The van der Waals surface area contributed by atoms with Gasteiger partial charge in [0.2, 0.25) is 5.96 Å². The smallest absolute Gasteiger partial charge is 0.214 e. The average molecular weight is 133 g/mol. The maximum Gasteiger partial charge on any atom is 0.214 e. The molecule has 9 heavy (non-hydrogen) atoms. The molecule has 5 nitrogen and oxygen atoms in total. The minimum Gasteiger partial charge on any atom is -0.368 e. The fraction of sp³-hybridized carbons (Fsp3) is 0.750. The zero-order chi connectivity index (χ0) is 7.28. The van der Waals surface area contributed by atoms with Gasteiger partial charge in [0.25, 0.3) is 0 Å². The third-order valence-electron chi connectivity index (χ3n) is 0.696. The Bertz CT molecular complexity index is 95.8. The number of hydrogen-bond acceptors (Lipinski definition) is 3. The van der Waals surface area contributed by atoms with Crippen LogP contribution in [0.2, 0.25) is 0 Å². The molecule has 0 saturated carbocycles. The molecule has 0 unspecified atom stereocenters. The number of hydrogen-bond donors (Lipinski definition) is 3. The lowest BCUT2D eigenvalue weighted by Gasteiger charge is -2.12. The molecule has 0 radical (unpaired) electrons. The van der Waals surface area contributed by atoms with Crippen molar-refractivity contribution in [1.29, 1.82) is 5.41 Å². The van der Waals surface area contributed by atoms with Crippen LogP contribution in [0.25, 0.3) is 0 Å². The highest BCUT2D eigenvalue weighted by Crippen LogP contribution is 1.79. The maximum absolute atomic E-state index is 8.62. The third kappa shape index (κ3) is 3.75. The summed E-state index contributed by atoms with van der Waals surface area (Å²) in [6.45, 7) is 2.23. The first-order valence-corrected chi connectivity index (χ1v) is 2.56. The van der Waals surface area contributed by atoms with Crippen molar-refractivity contribution in [2.75, 3.05) is 13.3 Å². The number of hydroxylamine groups is 2. The predicted molar refractivity (Wildman–Crippen MR) is 32.0 cm³/mol. The van der Waals surface area contributed by atoms with Gasteiger partial charge in [0.05, 0.1) is 0 Å². The Balaban J connectivity index is 3.27. The third-order valence-corrected chi connectivity index (χ3v) is 0.696. The second-order valence-electron chi connectivity index (χ2n) is 1.41. The standard InChI is InChI=1S/C4H11N3O2/c1-2-9-3-7(8)4(5)6/h8H,2-3H2,1H3,(H3,5,6). The van der Waals surface area contributed by atoms with E-state index >= 15 is 0 Å². The minimum absolute atomic E-state index is 0.0498. The molecule has 54 valence electrons. The molecule has 0 aromatic rings. The molecule has 0 amide bonds. The Kier molecular flexibility index (Phi) is 3.74. The fourth-order valence-corrected chi connectivity index (χ4v) is 0.247. The van der Waals surface area contributed by atoms with E-state index in [9.17, 15) is 0 Å². The lowest BCUT2D eigenvalue weighted by Crippen LogP contribution is -2.35. The molecule has 0 spiro atoms. The normalized spacial score (nSPS) is 9.11. The fourth-order valence-electron chi connectivity index (χ4n) is 0.247. The Labute approximate surface area is 53.5 Å². The van der Waals surface area contributed by atoms with Crippen LogP contribution in [-0.2, 0) is 4.74 Å². The molecule has 0 bridgehead atoms. The summed E-state index contributed by atoms with van der Waals surface area (Å²) in [6, 6.07) is 0. The Hall–Kier alpha value is -0.810. The molecule has 0 saturated heterocycles. The van der Waals surface area contributed by atoms with Gasteiger partial charge in [-0.3, -0.25) is 10.6 Å². The largest absolute Gasteiger partial charge is 0.368 e. The van der Waals surface area contributed by atoms with Crippen LogP contribution in [0.5, 0.6) is 0 Å². The van der Waals surface area contributed by atoms with Crippen LogP contribution in [0.3, 0.4) is 0 Å². The average Bonchev–Trinajstić information content (AvgIpc) is 1.82. The van der Waals surface area contributed by atoms with Crippen LogP contribution in [0, 0.1) is 5.41 Å². The zero-order valence-corrected chi connectivity index (χ0v) is 5.29. The zero-order valence-electron chi connectivity index (χ0n) is 5.29. The molecule has 0 rings (SSSR count). The van der Waals surface area contributed by atoms with E-state index in [2.05, 4.69) is 0 Å². The van der Waals surface area contributed by atoms with Crippen LogP contribution >= 0.6 is 0 Å². The Morgan fingerprint density at radius 1 is 1.89 bits per heavy atom. The van der Waals surface area contributed by atoms with E-state index in [-0.39, 0.29) is 6.73 Å². The van der Waals surface area contributed by atoms with Crippen molar-refractivity contribution in [2.24, 2.45) is 5.73 Å². The van der Waals surface area contributed by atoms with Gasteiger partial charge in [-0.15, -0.1) is 0 Å². The number of nitrogens with two attached hydrogens (primary N) is 1. The first kappa shape index (κ1) is 8.19. The Morgan fingerprint density at radius 2 is 2.44 bits per heavy atom. The van der Waals surface area contributed by atoms with Crippen molar-refractivity contribution in [1.82, 2.24) is 5.06 Å². The van der Waals surface area contributed by atoms with Crippen molar-refractivity contribution >= 4 is 5.96 Å². The van der Waals surface area contributed by atoms with Gasteiger partial charge in [-0.1, -0.05) is 0 Å². The summed E-state index contributed by atoms with van der Waals surface area (Å²) in [6.07, 6.45) is 0. The molecule has 0 fully saturated rings. The summed E-state index contributed by atoms with van der Waals surface area (Å²) in [5.41, 5.74) is 4.86. The van der Waals surface area contributed by atoms with Crippen LogP contribution in [0.1, 0.15) is 6.92 Å². The van der Waals surface area contributed by atoms with Crippen molar-refractivity contribution in [2.45, 2.75) is 6.92 Å². The van der Waals surface area contributed by atoms with E-state index in [4.69, 9.17) is 21.1 Å². The Morgan fingerprint density at radius 3 is 2.78 bits per heavy atom. The molecular weight excluding hydrogens is 122 g/mol. The predicted octanol–water partition coefficient (Wildman–Crippen LogP) is -0.435. The SMILES string of the molecule is CCOCN(O)C(=N)N. The lowest BCUT2D eigenvalue weighted by molar-refractivity contribution is -0.101. The lowest BCUT2D eigenvalue weighted by atomic mass is 10.8. The van der Waals surface area contributed by atoms with Gasteiger partial charge in [0.15, 0.2) is 0 Å². The van der Waals surface area contributed by atoms with Crippen LogP contribution < -0.4 is 5.73 Å². The van der Waals surface area contributed by atoms with Crippen LogP contribution in [0.15, 0.2) is 0 Å². The molecule has 5 heteroatoms. The van der Waals surface area contributed by atoms with Crippen LogP contribution in [0.4, 0.5) is 0 Å². The summed E-state index contributed by atoms with van der Waals surface area (Å²) in [7, 11) is 0. The quantitative estimate of drug-likeness (QED) is 0.211. The van der Waals surface area contributed by atoms with E-state index in [1.165, 1.54) is 0 Å². The number of nitrogens with one attached hydrogen (secondary N) is 1. The molecular formula is C4H11N3O2.